The van der Waals surface area contributed by atoms with E-state index in [1.807, 2.05) is 20.8 Å². The predicted molar refractivity (Wildman–Crippen MR) is 86.3 cm³/mol. The van der Waals surface area contributed by atoms with E-state index < -0.39 is 5.41 Å². The molecule has 0 N–H and O–H groups in total. The average Bonchev–Trinajstić information content (AvgIpc) is 2.38. The summed E-state index contributed by atoms with van der Waals surface area (Å²) in [7, 11) is 0. The topological polar surface area (TPSA) is 26.3 Å². The van der Waals surface area contributed by atoms with Crippen LogP contribution in [-0.2, 0) is 9.53 Å². The van der Waals surface area contributed by atoms with Crippen LogP contribution in [-0.4, -0.2) is 5.97 Å². The van der Waals surface area contributed by atoms with Crippen molar-refractivity contribution >= 4 is 5.97 Å². The fourth-order valence-electron chi connectivity index (χ4n) is 2.03. The predicted octanol–water partition coefficient (Wildman–Crippen LogP) is 6.05. The van der Waals surface area contributed by atoms with Gasteiger partial charge in [-0.15, -0.1) is 0 Å². The maximum atomic E-state index is 11.5. The minimum Gasteiger partial charge on any atom is -0.458 e. The van der Waals surface area contributed by atoms with Gasteiger partial charge in [-0.25, -0.2) is 0 Å². The lowest BCUT2D eigenvalue weighted by Crippen LogP contribution is -2.21. The van der Waals surface area contributed by atoms with Crippen molar-refractivity contribution in [3.05, 3.63) is 6.61 Å². The molecule has 0 saturated heterocycles. The van der Waals surface area contributed by atoms with Crippen molar-refractivity contribution in [2.45, 2.75) is 98.3 Å². The number of carbonyl (C=O) groups excluding carboxylic acids is 1. The zero-order chi connectivity index (χ0) is 15.3. The van der Waals surface area contributed by atoms with E-state index in [-0.39, 0.29) is 5.97 Å². The Morgan fingerprint density at radius 2 is 1.30 bits per heavy atom. The maximum absolute atomic E-state index is 11.5. The van der Waals surface area contributed by atoms with Crippen LogP contribution in [0.5, 0.6) is 0 Å². The van der Waals surface area contributed by atoms with Crippen LogP contribution < -0.4 is 0 Å². The molecule has 2 nitrogen and oxygen atoms in total. The summed E-state index contributed by atoms with van der Waals surface area (Å²) >= 11 is 0. The Morgan fingerprint density at radius 1 is 0.850 bits per heavy atom. The summed E-state index contributed by atoms with van der Waals surface area (Å²) in [5.41, 5.74) is -0.395. The Labute approximate surface area is 126 Å². The summed E-state index contributed by atoms with van der Waals surface area (Å²) < 4.78 is 5.13. The smallest absolute Gasteiger partial charge is 0.311 e. The summed E-state index contributed by atoms with van der Waals surface area (Å²) in [6, 6.07) is 0. The Bertz CT molecular complexity index is 228. The van der Waals surface area contributed by atoms with Crippen LogP contribution in [0.2, 0.25) is 0 Å². The highest BCUT2D eigenvalue weighted by molar-refractivity contribution is 5.75. The van der Waals surface area contributed by atoms with Gasteiger partial charge in [0.2, 0.25) is 0 Å². The molecule has 0 saturated carbocycles. The number of ether oxygens (including phenoxy) is 1. The van der Waals surface area contributed by atoms with Gasteiger partial charge >= 0.3 is 5.97 Å². The summed E-state index contributed by atoms with van der Waals surface area (Å²) in [5.74, 6) is -0.135. The van der Waals surface area contributed by atoms with Crippen molar-refractivity contribution in [1.29, 1.82) is 0 Å². The van der Waals surface area contributed by atoms with Gasteiger partial charge in [-0.05, 0) is 33.6 Å². The fraction of sp³-hybridized carbons (Fsp3) is 0.889. The van der Waals surface area contributed by atoms with E-state index in [1.165, 1.54) is 57.8 Å². The van der Waals surface area contributed by atoms with Gasteiger partial charge in [0.15, 0.2) is 0 Å². The molecule has 0 atom stereocenters. The molecule has 0 unspecified atom stereocenters. The summed E-state index contributed by atoms with van der Waals surface area (Å²) in [6.07, 6.45) is 14.3. The molecule has 0 heterocycles. The number of esters is 1. The lowest BCUT2D eigenvalue weighted by Gasteiger charge is -2.15. The van der Waals surface area contributed by atoms with Crippen molar-refractivity contribution in [2.24, 2.45) is 5.41 Å². The molecule has 0 aliphatic heterocycles. The molecule has 0 aliphatic carbocycles. The first kappa shape index (κ1) is 19.5. The minimum absolute atomic E-state index is 0.135. The van der Waals surface area contributed by atoms with E-state index in [4.69, 9.17) is 4.74 Å². The standard InChI is InChI=1S/C18H35O2/c1-5-6-7-8-9-10-11-12-13-14-15-16-20-17(19)18(2,3)4/h16H,5-15H2,1-4H3. The quantitative estimate of drug-likeness (QED) is 0.322. The molecule has 20 heavy (non-hydrogen) atoms. The minimum atomic E-state index is -0.395. The molecule has 119 valence electrons. The third kappa shape index (κ3) is 12.5. The Morgan fingerprint density at radius 3 is 1.75 bits per heavy atom. The second kappa shape index (κ2) is 12.2. The second-order valence-electron chi connectivity index (χ2n) is 6.79. The van der Waals surface area contributed by atoms with Crippen LogP contribution in [0.4, 0.5) is 0 Å². The molecule has 0 spiro atoms. The SMILES string of the molecule is CCCCCCCCCCCC[CH]OC(=O)C(C)(C)C. The average molecular weight is 283 g/mol. The molecule has 2 heteroatoms. The van der Waals surface area contributed by atoms with Crippen molar-refractivity contribution in [1.82, 2.24) is 0 Å². The lowest BCUT2D eigenvalue weighted by atomic mass is 9.97. The Hall–Kier alpha value is -0.530. The first-order valence-electron chi connectivity index (χ1n) is 8.51. The molecule has 0 amide bonds. The van der Waals surface area contributed by atoms with Crippen LogP contribution in [0.1, 0.15) is 98.3 Å². The van der Waals surface area contributed by atoms with Crippen LogP contribution in [0.25, 0.3) is 0 Å². The highest BCUT2D eigenvalue weighted by atomic mass is 16.5. The van der Waals surface area contributed by atoms with Crippen molar-refractivity contribution in [3.63, 3.8) is 0 Å². The highest BCUT2D eigenvalue weighted by Gasteiger charge is 2.22. The zero-order valence-corrected chi connectivity index (χ0v) is 14.2. The number of unbranched alkanes of at least 4 members (excludes halogenated alkanes) is 10. The Kier molecular flexibility index (Phi) is 11.9. The van der Waals surface area contributed by atoms with Crippen LogP contribution in [0.15, 0.2) is 0 Å². The van der Waals surface area contributed by atoms with Crippen molar-refractivity contribution < 1.29 is 9.53 Å². The van der Waals surface area contributed by atoms with Gasteiger partial charge in [0.25, 0.3) is 0 Å². The van der Waals surface area contributed by atoms with Gasteiger partial charge in [0, 0.05) is 0 Å². The monoisotopic (exact) mass is 283 g/mol. The number of hydrogen-bond donors (Lipinski definition) is 0. The lowest BCUT2D eigenvalue weighted by molar-refractivity contribution is -0.149. The molecule has 1 radical (unpaired) electrons. The van der Waals surface area contributed by atoms with E-state index in [2.05, 4.69) is 6.92 Å². The van der Waals surface area contributed by atoms with E-state index in [1.54, 1.807) is 6.61 Å². The van der Waals surface area contributed by atoms with Gasteiger partial charge in [0.05, 0.1) is 5.41 Å². The van der Waals surface area contributed by atoms with Gasteiger partial charge in [-0.2, -0.15) is 0 Å². The number of hydrogen-bond acceptors (Lipinski definition) is 2. The molecule has 0 aromatic rings. The van der Waals surface area contributed by atoms with Gasteiger partial charge < -0.3 is 4.74 Å². The summed E-state index contributed by atoms with van der Waals surface area (Å²) in [6.45, 7) is 9.57. The van der Waals surface area contributed by atoms with E-state index in [9.17, 15) is 4.79 Å². The molecule has 0 bridgehead atoms. The number of carbonyl (C=O) groups is 1. The van der Waals surface area contributed by atoms with Crippen molar-refractivity contribution in [2.75, 3.05) is 0 Å². The molecule has 0 aromatic carbocycles. The van der Waals surface area contributed by atoms with Gasteiger partial charge in [0.1, 0.15) is 6.61 Å². The van der Waals surface area contributed by atoms with E-state index >= 15 is 0 Å². The molecule has 0 aliphatic rings. The molecular weight excluding hydrogens is 248 g/mol. The normalized spacial score (nSPS) is 11.6. The van der Waals surface area contributed by atoms with Crippen molar-refractivity contribution in [3.8, 4) is 0 Å². The largest absolute Gasteiger partial charge is 0.458 e. The van der Waals surface area contributed by atoms with Gasteiger partial charge in [-0.1, -0.05) is 64.7 Å². The third-order valence-corrected chi connectivity index (χ3v) is 3.48. The maximum Gasteiger partial charge on any atom is 0.311 e. The zero-order valence-electron chi connectivity index (χ0n) is 14.2. The number of rotatable bonds is 12. The summed E-state index contributed by atoms with van der Waals surface area (Å²) in [4.78, 5) is 11.5. The van der Waals surface area contributed by atoms with E-state index in [0.717, 1.165) is 12.8 Å². The second-order valence-corrected chi connectivity index (χ2v) is 6.79. The molecule has 0 rings (SSSR count). The first-order valence-corrected chi connectivity index (χ1v) is 8.51. The molecular formula is C18H35O2. The van der Waals surface area contributed by atoms with E-state index in [0.29, 0.717) is 0 Å². The fourth-order valence-corrected chi connectivity index (χ4v) is 2.03. The Balaban J connectivity index is 3.16. The first-order chi connectivity index (χ1) is 9.48. The molecule has 0 aromatic heterocycles. The van der Waals surface area contributed by atoms with Crippen LogP contribution in [0, 0.1) is 12.0 Å². The van der Waals surface area contributed by atoms with Gasteiger partial charge in [-0.3, -0.25) is 4.79 Å². The van der Waals surface area contributed by atoms with Crippen LogP contribution in [0.3, 0.4) is 0 Å². The highest BCUT2D eigenvalue weighted by Crippen LogP contribution is 2.17. The molecule has 0 fully saturated rings. The van der Waals surface area contributed by atoms with Crippen LogP contribution >= 0.6 is 0 Å². The third-order valence-electron chi connectivity index (χ3n) is 3.48. The summed E-state index contributed by atoms with van der Waals surface area (Å²) in [5, 5.41) is 0.